The van der Waals surface area contributed by atoms with Crippen molar-refractivity contribution in [2.24, 2.45) is 27.2 Å². The van der Waals surface area contributed by atoms with Gasteiger partial charge in [0.1, 0.15) is 11.5 Å². The Morgan fingerprint density at radius 3 is 2.56 bits per heavy atom. The molecule has 7 heteroatoms. The molecular weight excluding hydrogens is 211 g/mol. The Kier molecular flexibility index (Phi) is 3.40. The van der Waals surface area contributed by atoms with Gasteiger partial charge in [0.2, 0.25) is 5.96 Å². The number of hydrogen-bond donors (Lipinski definition) is 3. The van der Waals surface area contributed by atoms with Gasteiger partial charge in [0.25, 0.3) is 0 Å². The molecule has 0 fully saturated rings. The molecule has 0 atom stereocenters. The van der Waals surface area contributed by atoms with Crippen molar-refractivity contribution in [1.82, 2.24) is 0 Å². The molecule has 0 spiro atoms. The molecule has 0 saturated carbocycles. The highest BCUT2D eigenvalue weighted by Gasteiger charge is 2.03. The van der Waals surface area contributed by atoms with Crippen LogP contribution in [-0.2, 0) is 0 Å². The summed E-state index contributed by atoms with van der Waals surface area (Å²) in [5.41, 5.74) is 15.6. The van der Waals surface area contributed by atoms with Crippen molar-refractivity contribution in [1.29, 1.82) is 5.26 Å². The largest absolute Gasteiger partial charge is 0.370 e. The second-order valence-corrected chi connectivity index (χ2v) is 2.78. The van der Waals surface area contributed by atoms with E-state index in [1.807, 2.05) is 6.07 Å². The zero-order chi connectivity index (χ0) is 12.1. The lowest BCUT2D eigenvalue weighted by molar-refractivity contribution is 0.629. The summed E-state index contributed by atoms with van der Waals surface area (Å²) in [6.07, 6.45) is 0. The molecule has 16 heavy (non-hydrogen) atoms. The van der Waals surface area contributed by atoms with E-state index in [0.717, 1.165) is 6.07 Å². The van der Waals surface area contributed by atoms with Gasteiger partial charge >= 0.3 is 0 Å². The molecule has 0 aliphatic carbocycles. The lowest BCUT2D eigenvalue weighted by atomic mass is 10.2. The molecule has 0 amide bonds. The Morgan fingerprint density at radius 1 is 1.31 bits per heavy atom. The summed E-state index contributed by atoms with van der Waals surface area (Å²) in [5.74, 6) is -1.18. The van der Waals surface area contributed by atoms with Gasteiger partial charge in [-0.15, -0.1) is 0 Å². The fourth-order valence-electron chi connectivity index (χ4n) is 0.949. The van der Waals surface area contributed by atoms with Crippen LogP contribution in [0.4, 0.5) is 10.1 Å². The fraction of sp³-hybridized carbons (Fsp3) is 0. The average Bonchev–Trinajstić information content (AvgIpc) is 2.20. The number of hydrogen-bond acceptors (Lipinski definition) is 2. The van der Waals surface area contributed by atoms with Crippen molar-refractivity contribution in [2.45, 2.75) is 0 Å². The number of guanidine groups is 2. The molecule has 0 radical (unpaired) electrons. The minimum Gasteiger partial charge on any atom is -0.370 e. The molecule has 0 aliphatic heterocycles. The Morgan fingerprint density at radius 2 is 2.00 bits per heavy atom. The van der Waals surface area contributed by atoms with Crippen LogP contribution in [0, 0.1) is 17.1 Å². The molecule has 1 rings (SSSR count). The first-order valence-corrected chi connectivity index (χ1v) is 4.16. The van der Waals surface area contributed by atoms with E-state index in [-0.39, 0.29) is 23.2 Å². The maximum absolute atomic E-state index is 13.2. The van der Waals surface area contributed by atoms with Gasteiger partial charge in [0.15, 0.2) is 5.96 Å². The zero-order valence-corrected chi connectivity index (χ0v) is 8.18. The van der Waals surface area contributed by atoms with Crippen LogP contribution in [0.25, 0.3) is 0 Å². The van der Waals surface area contributed by atoms with Gasteiger partial charge in [-0.2, -0.15) is 10.3 Å². The molecule has 0 heterocycles. The lowest BCUT2D eigenvalue weighted by Crippen LogP contribution is -2.26. The summed E-state index contributed by atoms with van der Waals surface area (Å²) in [6.45, 7) is 0. The van der Waals surface area contributed by atoms with E-state index in [0.29, 0.717) is 0 Å². The van der Waals surface area contributed by atoms with Crippen LogP contribution in [0.15, 0.2) is 28.2 Å². The van der Waals surface area contributed by atoms with Crippen LogP contribution in [0.2, 0.25) is 0 Å². The van der Waals surface area contributed by atoms with Gasteiger partial charge in [0, 0.05) is 0 Å². The highest BCUT2D eigenvalue weighted by molar-refractivity contribution is 5.93. The van der Waals surface area contributed by atoms with Crippen LogP contribution in [0.5, 0.6) is 0 Å². The first-order chi connectivity index (χ1) is 7.52. The third-order valence-electron chi connectivity index (χ3n) is 1.55. The van der Waals surface area contributed by atoms with Crippen LogP contribution < -0.4 is 17.2 Å². The summed E-state index contributed by atoms with van der Waals surface area (Å²) < 4.78 is 13.2. The Labute approximate surface area is 90.9 Å². The second kappa shape index (κ2) is 4.75. The van der Waals surface area contributed by atoms with Crippen molar-refractivity contribution in [3.05, 3.63) is 29.6 Å². The second-order valence-electron chi connectivity index (χ2n) is 2.78. The van der Waals surface area contributed by atoms with E-state index >= 15 is 0 Å². The average molecular weight is 220 g/mol. The van der Waals surface area contributed by atoms with Crippen molar-refractivity contribution in [2.75, 3.05) is 0 Å². The lowest BCUT2D eigenvalue weighted by Gasteiger charge is -1.98. The van der Waals surface area contributed by atoms with Crippen LogP contribution in [0.1, 0.15) is 5.56 Å². The number of halogens is 1. The Bertz CT molecular complexity index is 495. The smallest absolute Gasteiger partial charge is 0.223 e. The van der Waals surface area contributed by atoms with Crippen molar-refractivity contribution < 1.29 is 4.39 Å². The first kappa shape index (κ1) is 11.5. The van der Waals surface area contributed by atoms with Gasteiger partial charge in [0.05, 0.1) is 11.6 Å². The highest BCUT2D eigenvalue weighted by atomic mass is 19.1. The molecule has 82 valence electrons. The van der Waals surface area contributed by atoms with E-state index in [2.05, 4.69) is 9.98 Å². The van der Waals surface area contributed by atoms with Gasteiger partial charge in [-0.05, 0) is 18.2 Å². The van der Waals surface area contributed by atoms with Crippen LogP contribution in [0.3, 0.4) is 0 Å². The SMILES string of the molecule is N#Cc1ccc(F)c(N=C(N)N=C(N)N)c1. The zero-order valence-electron chi connectivity index (χ0n) is 8.18. The van der Waals surface area contributed by atoms with Crippen LogP contribution >= 0.6 is 0 Å². The molecule has 0 bridgehead atoms. The van der Waals surface area contributed by atoms with Crippen molar-refractivity contribution in [3.63, 3.8) is 0 Å². The maximum Gasteiger partial charge on any atom is 0.223 e. The third-order valence-corrected chi connectivity index (χ3v) is 1.55. The number of aliphatic imine (C=N–C) groups is 2. The Balaban J connectivity index is 3.15. The number of nitrogens with zero attached hydrogens (tertiary/aromatic N) is 3. The van der Waals surface area contributed by atoms with Gasteiger partial charge < -0.3 is 17.2 Å². The Hall–Kier alpha value is -2.62. The minimum absolute atomic E-state index is 0.0958. The van der Waals surface area contributed by atoms with Crippen molar-refractivity contribution >= 4 is 17.6 Å². The predicted octanol–water partition coefficient (Wildman–Crippen LogP) is -0.0830. The molecule has 0 unspecified atom stereocenters. The summed E-state index contributed by atoms with van der Waals surface area (Å²) in [4.78, 5) is 7.05. The van der Waals surface area contributed by atoms with E-state index in [4.69, 9.17) is 22.5 Å². The van der Waals surface area contributed by atoms with E-state index in [1.165, 1.54) is 12.1 Å². The minimum atomic E-state index is -0.618. The molecule has 1 aromatic rings. The fourth-order valence-corrected chi connectivity index (χ4v) is 0.949. The van der Waals surface area contributed by atoms with Gasteiger partial charge in [-0.3, -0.25) is 0 Å². The summed E-state index contributed by atoms with van der Waals surface area (Å²) >= 11 is 0. The molecule has 0 saturated heterocycles. The molecule has 0 aliphatic rings. The van der Waals surface area contributed by atoms with Crippen molar-refractivity contribution in [3.8, 4) is 6.07 Å². The van der Waals surface area contributed by atoms with E-state index in [9.17, 15) is 4.39 Å². The number of nitrogens with two attached hydrogens (primary N) is 3. The van der Waals surface area contributed by atoms with E-state index < -0.39 is 5.82 Å². The standard InChI is InChI=1S/C9H9FN6/c10-6-2-1-5(4-11)3-7(6)15-9(14)16-8(12)13/h1-3H,(H6,12,13,14,15,16). The molecule has 1 aromatic carbocycles. The molecular formula is C9H9FN6. The number of benzene rings is 1. The van der Waals surface area contributed by atoms with E-state index in [1.54, 1.807) is 0 Å². The normalized spacial score (nSPS) is 10.6. The third kappa shape index (κ3) is 2.95. The van der Waals surface area contributed by atoms with Crippen LogP contribution in [-0.4, -0.2) is 11.9 Å². The number of nitriles is 1. The summed E-state index contributed by atoms with van der Waals surface area (Å²) in [7, 11) is 0. The predicted molar refractivity (Wildman–Crippen MR) is 58.2 cm³/mol. The first-order valence-electron chi connectivity index (χ1n) is 4.16. The van der Waals surface area contributed by atoms with Gasteiger partial charge in [-0.25, -0.2) is 9.38 Å². The summed E-state index contributed by atoms with van der Waals surface area (Å²) in [5, 5.41) is 8.61. The molecule has 6 nitrogen and oxygen atoms in total. The summed E-state index contributed by atoms with van der Waals surface area (Å²) in [6, 6.07) is 5.52. The molecule has 0 aromatic heterocycles. The monoisotopic (exact) mass is 220 g/mol. The number of rotatable bonds is 1. The molecule has 6 N–H and O–H groups in total. The topological polar surface area (TPSA) is 127 Å². The highest BCUT2D eigenvalue weighted by Crippen LogP contribution is 2.18. The van der Waals surface area contributed by atoms with Gasteiger partial charge in [-0.1, -0.05) is 0 Å². The maximum atomic E-state index is 13.2. The quantitative estimate of drug-likeness (QED) is 0.451.